The molecule has 0 bridgehead atoms. The number of hydrogen-bond donors (Lipinski definition) is 0. The molecule has 0 atom stereocenters. The first-order valence-electron chi connectivity index (χ1n) is 11.3. The number of carbonyl (C=O) groups is 1. The Balaban J connectivity index is 1.39. The van der Waals surface area contributed by atoms with Gasteiger partial charge in [0.05, 0.1) is 23.0 Å². The summed E-state index contributed by atoms with van der Waals surface area (Å²) in [5.74, 6) is 0.540. The molecule has 2 aromatic heterocycles. The number of thiazole rings is 1. The first-order valence-corrected chi connectivity index (χ1v) is 12.1. The van der Waals surface area contributed by atoms with Gasteiger partial charge in [0.15, 0.2) is 5.78 Å². The lowest BCUT2D eigenvalue weighted by Crippen LogP contribution is -2.20. The first kappa shape index (κ1) is 23.7. The molecule has 5 nitrogen and oxygen atoms in total. The minimum Gasteiger partial charge on any atom is -0.358 e. The predicted octanol–water partition coefficient (Wildman–Crippen LogP) is 5.93. The molecule has 0 spiro atoms. The fourth-order valence-corrected chi connectivity index (χ4v) is 4.70. The number of anilines is 1. The van der Waals surface area contributed by atoms with Crippen LogP contribution in [0.25, 0.3) is 10.7 Å². The third-order valence-electron chi connectivity index (χ3n) is 5.64. The third-order valence-corrected chi connectivity index (χ3v) is 6.86. The summed E-state index contributed by atoms with van der Waals surface area (Å²) >= 11 is 1.35. The van der Waals surface area contributed by atoms with Crippen LogP contribution in [-0.2, 0) is 12.8 Å². The molecule has 0 saturated heterocycles. The van der Waals surface area contributed by atoms with E-state index in [9.17, 15) is 9.18 Å². The van der Waals surface area contributed by atoms with Gasteiger partial charge in [-0.25, -0.2) is 14.4 Å². The first-order chi connectivity index (χ1) is 16.5. The zero-order valence-corrected chi connectivity index (χ0v) is 20.2. The van der Waals surface area contributed by atoms with Gasteiger partial charge < -0.3 is 4.90 Å². The topological polar surface area (TPSA) is 59.0 Å². The van der Waals surface area contributed by atoms with E-state index in [0.29, 0.717) is 34.1 Å². The van der Waals surface area contributed by atoms with E-state index in [2.05, 4.69) is 39.1 Å². The van der Waals surface area contributed by atoms with Crippen LogP contribution < -0.4 is 4.90 Å². The van der Waals surface area contributed by atoms with Crippen LogP contribution in [0.5, 0.6) is 0 Å². The molecule has 0 unspecified atom stereocenters. The molecule has 34 heavy (non-hydrogen) atoms. The van der Waals surface area contributed by atoms with Gasteiger partial charge in [-0.1, -0.05) is 42.5 Å². The van der Waals surface area contributed by atoms with Gasteiger partial charge in [0.25, 0.3) is 0 Å². The van der Waals surface area contributed by atoms with Crippen molar-refractivity contribution in [3.05, 3.63) is 94.5 Å². The molecule has 0 amide bonds. The van der Waals surface area contributed by atoms with E-state index < -0.39 is 0 Å². The van der Waals surface area contributed by atoms with Gasteiger partial charge in [0.1, 0.15) is 22.3 Å². The lowest BCUT2D eigenvalue weighted by molar-refractivity contribution is 0.0986. The van der Waals surface area contributed by atoms with Gasteiger partial charge >= 0.3 is 0 Å². The minimum atomic E-state index is -0.275. The molecule has 2 heterocycles. The van der Waals surface area contributed by atoms with E-state index in [1.54, 1.807) is 24.5 Å². The van der Waals surface area contributed by atoms with Crippen molar-refractivity contribution in [3.63, 3.8) is 0 Å². The van der Waals surface area contributed by atoms with Gasteiger partial charge in [-0.3, -0.25) is 9.78 Å². The maximum atomic E-state index is 13.1. The standard InChI is InChI=1S/C27H27FN4OS/c1-19-26(24(33)15-12-21-10-13-22(28)14-11-21)34-27(30-19)23-17-29-18-25(31-23)32(2)16-6-9-20-7-4-3-5-8-20/h3-5,7-8,10-11,13-14,17-18H,6,9,12,15-16H2,1-2H3. The molecule has 174 valence electrons. The molecule has 0 N–H and O–H groups in total. The molecule has 0 radical (unpaired) electrons. The smallest absolute Gasteiger partial charge is 0.175 e. The van der Waals surface area contributed by atoms with E-state index in [4.69, 9.17) is 4.98 Å². The largest absolute Gasteiger partial charge is 0.358 e. The van der Waals surface area contributed by atoms with E-state index >= 15 is 0 Å². The number of Topliss-reactive ketones (excluding diaryl/α,β-unsaturated/α-hetero) is 1. The van der Waals surface area contributed by atoms with Gasteiger partial charge in [-0.2, -0.15) is 0 Å². The average Bonchev–Trinajstić information content (AvgIpc) is 3.26. The molecule has 0 aliphatic carbocycles. The minimum absolute atomic E-state index is 0.0349. The molecule has 0 saturated carbocycles. The summed E-state index contributed by atoms with van der Waals surface area (Å²) in [4.78, 5) is 29.3. The second kappa shape index (κ2) is 11.1. The Morgan fingerprint density at radius 3 is 2.47 bits per heavy atom. The van der Waals surface area contributed by atoms with E-state index in [0.717, 1.165) is 30.8 Å². The Morgan fingerprint density at radius 1 is 0.971 bits per heavy atom. The number of rotatable bonds is 10. The van der Waals surface area contributed by atoms with Crippen LogP contribution in [0.1, 0.15) is 39.3 Å². The number of carbonyl (C=O) groups excluding carboxylic acids is 1. The number of aryl methyl sites for hydroxylation is 3. The lowest BCUT2D eigenvalue weighted by atomic mass is 10.1. The highest BCUT2D eigenvalue weighted by atomic mass is 32.1. The molecule has 4 aromatic rings. The normalized spacial score (nSPS) is 10.9. The maximum Gasteiger partial charge on any atom is 0.175 e. The summed E-state index contributed by atoms with van der Waals surface area (Å²) in [6, 6.07) is 16.7. The van der Waals surface area contributed by atoms with Crippen molar-refractivity contribution in [3.8, 4) is 10.7 Å². The van der Waals surface area contributed by atoms with Crippen LogP contribution in [0.15, 0.2) is 67.0 Å². The molecule has 0 aliphatic rings. The summed E-state index contributed by atoms with van der Waals surface area (Å²) in [5.41, 5.74) is 3.63. The fourth-order valence-electron chi connectivity index (χ4n) is 3.71. The Kier molecular flexibility index (Phi) is 7.75. The highest BCUT2D eigenvalue weighted by molar-refractivity contribution is 7.17. The van der Waals surface area contributed by atoms with Crippen LogP contribution in [-0.4, -0.2) is 34.3 Å². The molecule has 0 aliphatic heterocycles. The van der Waals surface area contributed by atoms with Gasteiger partial charge in [-0.15, -0.1) is 11.3 Å². The summed E-state index contributed by atoms with van der Waals surface area (Å²) in [7, 11) is 2.01. The number of hydrogen-bond acceptors (Lipinski definition) is 6. The summed E-state index contributed by atoms with van der Waals surface area (Å²) in [5, 5.41) is 0.690. The van der Waals surface area contributed by atoms with Gasteiger partial charge in [0, 0.05) is 20.0 Å². The molecule has 4 rings (SSSR count). The Bertz CT molecular complexity index is 1240. The van der Waals surface area contributed by atoms with Crippen molar-refractivity contribution in [2.24, 2.45) is 0 Å². The second-order valence-corrected chi connectivity index (χ2v) is 9.26. The number of aromatic nitrogens is 3. The number of nitrogens with zero attached hydrogens (tertiary/aromatic N) is 4. The van der Waals surface area contributed by atoms with E-state index in [1.165, 1.54) is 29.0 Å². The number of halogens is 1. The second-order valence-electron chi connectivity index (χ2n) is 8.26. The Morgan fingerprint density at radius 2 is 1.71 bits per heavy atom. The lowest BCUT2D eigenvalue weighted by Gasteiger charge is -2.18. The molecular formula is C27H27FN4OS. The maximum absolute atomic E-state index is 13.1. The van der Waals surface area contributed by atoms with Crippen LogP contribution in [0, 0.1) is 12.7 Å². The average molecular weight is 475 g/mol. The van der Waals surface area contributed by atoms with Gasteiger partial charge in [0.2, 0.25) is 0 Å². The third kappa shape index (κ3) is 6.11. The van der Waals surface area contributed by atoms with Crippen LogP contribution >= 0.6 is 11.3 Å². The van der Waals surface area contributed by atoms with Crippen molar-refractivity contribution in [2.75, 3.05) is 18.5 Å². The highest BCUT2D eigenvalue weighted by Crippen LogP contribution is 2.28. The Hall–Kier alpha value is -3.45. The van der Waals surface area contributed by atoms with Gasteiger partial charge in [-0.05, 0) is 49.4 Å². The summed E-state index contributed by atoms with van der Waals surface area (Å²) in [6.45, 7) is 2.70. The van der Waals surface area contributed by atoms with Crippen molar-refractivity contribution < 1.29 is 9.18 Å². The van der Waals surface area contributed by atoms with Crippen molar-refractivity contribution in [1.29, 1.82) is 0 Å². The van der Waals surface area contributed by atoms with Crippen molar-refractivity contribution in [2.45, 2.75) is 32.6 Å². The Labute approximate surface area is 203 Å². The molecule has 7 heteroatoms. The fraction of sp³-hybridized carbons (Fsp3) is 0.259. The zero-order valence-electron chi connectivity index (χ0n) is 19.4. The predicted molar refractivity (Wildman–Crippen MR) is 135 cm³/mol. The molecular weight excluding hydrogens is 447 g/mol. The van der Waals surface area contributed by atoms with Crippen LogP contribution in [0.2, 0.25) is 0 Å². The van der Waals surface area contributed by atoms with E-state index in [1.807, 2.05) is 20.0 Å². The summed E-state index contributed by atoms with van der Waals surface area (Å²) < 4.78 is 13.1. The molecule has 2 aromatic carbocycles. The zero-order chi connectivity index (χ0) is 23.9. The van der Waals surface area contributed by atoms with Crippen molar-refractivity contribution >= 4 is 22.9 Å². The van der Waals surface area contributed by atoms with Crippen LogP contribution in [0.4, 0.5) is 10.2 Å². The molecule has 0 fully saturated rings. The monoisotopic (exact) mass is 474 g/mol. The number of benzene rings is 2. The quantitative estimate of drug-likeness (QED) is 0.267. The van der Waals surface area contributed by atoms with E-state index in [-0.39, 0.29) is 11.6 Å². The highest BCUT2D eigenvalue weighted by Gasteiger charge is 2.18. The van der Waals surface area contributed by atoms with Crippen LogP contribution in [0.3, 0.4) is 0 Å². The van der Waals surface area contributed by atoms with Crippen molar-refractivity contribution in [1.82, 2.24) is 15.0 Å². The SMILES string of the molecule is Cc1nc(-c2cncc(N(C)CCCc3ccccc3)n2)sc1C(=O)CCc1ccc(F)cc1. The number of ketones is 1. The summed E-state index contributed by atoms with van der Waals surface area (Å²) in [6.07, 6.45) is 6.37.